The van der Waals surface area contributed by atoms with Crippen molar-refractivity contribution < 1.29 is 14.6 Å². The predicted molar refractivity (Wildman–Crippen MR) is 76.9 cm³/mol. The number of ether oxygens (including phenoxy) is 1. The number of rotatable bonds is 5. The van der Waals surface area contributed by atoms with Gasteiger partial charge in [0.2, 0.25) is 0 Å². The summed E-state index contributed by atoms with van der Waals surface area (Å²) >= 11 is 0. The lowest BCUT2D eigenvalue weighted by Crippen LogP contribution is -2.37. The average Bonchev–Trinajstić information content (AvgIpc) is 2.49. The lowest BCUT2D eigenvalue weighted by atomic mass is 9.85. The van der Waals surface area contributed by atoms with Gasteiger partial charge in [-0.1, -0.05) is 42.5 Å². The van der Waals surface area contributed by atoms with Crippen LogP contribution in [0.2, 0.25) is 0 Å². The van der Waals surface area contributed by atoms with Crippen molar-refractivity contribution in [2.75, 3.05) is 7.11 Å². The van der Waals surface area contributed by atoms with E-state index in [0.29, 0.717) is 0 Å². The Morgan fingerprint density at radius 3 is 2.10 bits per heavy atom. The van der Waals surface area contributed by atoms with E-state index < -0.39 is 12.0 Å². The first kappa shape index (κ1) is 14.1. The van der Waals surface area contributed by atoms with Gasteiger partial charge in [-0.15, -0.1) is 0 Å². The van der Waals surface area contributed by atoms with Gasteiger partial charge in [-0.05, 0) is 23.3 Å². The van der Waals surface area contributed by atoms with E-state index in [2.05, 4.69) is 0 Å². The van der Waals surface area contributed by atoms with Gasteiger partial charge in [-0.2, -0.15) is 0 Å². The largest absolute Gasteiger partial charge is 0.497 e. The molecule has 0 amide bonds. The monoisotopic (exact) mass is 271 g/mol. The normalized spacial score (nSPS) is 13.5. The molecule has 0 aromatic heterocycles. The van der Waals surface area contributed by atoms with E-state index in [1.165, 1.54) is 0 Å². The van der Waals surface area contributed by atoms with Gasteiger partial charge < -0.3 is 15.6 Å². The van der Waals surface area contributed by atoms with Crippen LogP contribution in [0, 0.1) is 0 Å². The van der Waals surface area contributed by atoms with Crippen LogP contribution in [0.4, 0.5) is 0 Å². The summed E-state index contributed by atoms with van der Waals surface area (Å²) in [5.41, 5.74) is 7.60. The third kappa shape index (κ3) is 2.97. The summed E-state index contributed by atoms with van der Waals surface area (Å²) < 4.78 is 5.11. The van der Waals surface area contributed by atoms with Crippen molar-refractivity contribution in [1.82, 2.24) is 0 Å². The van der Waals surface area contributed by atoms with Gasteiger partial charge in [0.25, 0.3) is 0 Å². The first-order valence-corrected chi connectivity index (χ1v) is 6.30. The van der Waals surface area contributed by atoms with Crippen LogP contribution in [-0.4, -0.2) is 24.2 Å². The zero-order valence-corrected chi connectivity index (χ0v) is 11.2. The molecule has 0 aliphatic heterocycles. The molecular weight excluding hydrogens is 254 g/mol. The summed E-state index contributed by atoms with van der Waals surface area (Å²) in [7, 11) is 1.59. The first-order chi connectivity index (χ1) is 9.63. The van der Waals surface area contributed by atoms with Crippen molar-refractivity contribution in [3.05, 3.63) is 65.7 Å². The van der Waals surface area contributed by atoms with Gasteiger partial charge in [0.05, 0.1) is 7.11 Å². The molecular formula is C16H17NO3. The fraction of sp³-hybridized carbons (Fsp3) is 0.188. The Hall–Kier alpha value is -2.33. The molecule has 0 aliphatic carbocycles. The predicted octanol–water partition coefficient (Wildman–Crippen LogP) is 2.24. The van der Waals surface area contributed by atoms with Crippen LogP contribution in [0.5, 0.6) is 5.75 Å². The summed E-state index contributed by atoms with van der Waals surface area (Å²) in [6.07, 6.45) is 0. The summed E-state index contributed by atoms with van der Waals surface area (Å²) in [6, 6.07) is 15.7. The molecule has 104 valence electrons. The summed E-state index contributed by atoms with van der Waals surface area (Å²) in [4.78, 5) is 11.3. The number of aliphatic carboxylic acids is 1. The number of methoxy groups -OCH3 is 1. The second-order valence-corrected chi connectivity index (χ2v) is 4.53. The highest BCUT2D eigenvalue weighted by molar-refractivity contribution is 5.75. The zero-order chi connectivity index (χ0) is 14.5. The molecule has 4 nitrogen and oxygen atoms in total. The maximum atomic E-state index is 11.3. The molecule has 20 heavy (non-hydrogen) atoms. The average molecular weight is 271 g/mol. The van der Waals surface area contributed by atoms with Crippen LogP contribution in [0.25, 0.3) is 0 Å². The molecule has 0 fully saturated rings. The molecule has 0 saturated heterocycles. The lowest BCUT2D eigenvalue weighted by Gasteiger charge is -2.22. The number of carbonyl (C=O) groups is 1. The highest BCUT2D eigenvalue weighted by Gasteiger charge is 2.27. The molecule has 0 heterocycles. The first-order valence-electron chi connectivity index (χ1n) is 6.30. The maximum Gasteiger partial charge on any atom is 0.321 e. The molecule has 2 rings (SSSR count). The Bertz CT molecular complexity index is 566. The van der Waals surface area contributed by atoms with E-state index in [1.807, 2.05) is 42.5 Å². The minimum atomic E-state index is -1.02. The van der Waals surface area contributed by atoms with Crippen LogP contribution in [-0.2, 0) is 4.79 Å². The summed E-state index contributed by atoms with van der Waals surface area (Å²) in [5, 5.41) is 9.23. The number of carboxylic acids is 1. The van der Waals surface area contributed by atoms with Crippen LogP contribution in [0.1, 0.15) is 17.0 Å². The minimum Gasteiger partial charge on any atom is -0.497 e. The molecule has 0 spiro atoms. The third-order valence-electron chi connectivity index (χ3n) is 3.28. The van der Waals surface area contributed by atoms with E-state index in [-0.39, 0.29) is 5.92 Å². The number of nitrogens with two attached hydrogens (primary N) is 1. The van der Waals surface area contributed by atoms with Crippen LogP contribution < -0.4 is 10.5 Å². The number of carboxylic acid groups (broad SMARTS) is 1. The molecule has 2 aromatic carbocycles. The molecule has 2 unspecified atom stereocenters. The van der Waals surface area contributed by atoms with Gasteiger partial charge >= 0.3 is 5.97 Å². The second kappa shape index (κ2) is 6.21. The Morgan fingerprint density at radius 2 is 1.60 bits per heavy atom. The number of hydrogen-bond donors (Lipinski definition) is 2. The van der Waals surface area contributed by atoms with Crippen LogP contribution in [0.15, 0.2) is 54.6 Å². The molecule has 0 bridgehead atoms. The van der Waals surface area contributed by atoms with Gasteiger partial charge in [0, 0.05) is 5.92 Å². The van der Waals surface area contributed by atoms with Gasteiger partial charge in [0.15, 0.2) is 0 Å². The second-order valence-electron chi connectivity index (χ2n) is 4.53. The van der Waals surface area contributed by atoms with Gasteiger partial charge in [0.1, 0.15) is 11.8 Å². The third-order valence-corrected chi connectivity index (χ3v) is 3.28. The molecule has 2 aromatic rings. The van der Waals surface area contributed by atoms with E-state index in [4.69, 9.17) is 10.5 Å². The molecule has 4 heteroatoms. The molecule has 2 atom stereocenters. The zero-order valence-electron chi connectivity index (χ0n) is 11.2. The lowest BCUT2D eigenvalue weighted by molar-refractivity contribution is -0.138. The van der Waals surface area contributed by atoms with Crippen LogP contribution >= 0.6 is 0 Å². The topological polar surface area (TPSA) is 72.5 Å². The van der Waals surface area contributed by atoms with Crippen molar-refractivity contribution in [2.24, 2.45) is 5.73 Å². The Labute approximate surface area is 117 Å². The van der Waals surface area contributed by atoms with E-state index in [9.17, 15) is 9.90 Å². The van der Waals surface area contributed by atoms with Crippen molar-refractivity contribution in [3.63, 3.8) is 0 Å². The Kier molecular flexibility index (Phi) is 4.38. The summed E-state index contributed by atoms with van der Waals surface area (Å²) in [6.45, 7) is 0. The fourth-order valence-electron chi connectivity index (χ4n) is 2.22. The van der Waals surface area contributed by atoms with E-state index in [0.717, 1.165) is 16.9 Å². The SMILES string of the molecule is COc1ccc(C(c2ccccc2)C(N)C(=O)O)cc1. The highest BCUT2D eigenvalue weighted by atomic mass is 16.5. The standard InChI is InChI=1S/C16H17NO3/c1-20-13-9-7-12(8-10-13)14(15(17)16(18)19)11-5-3-2-4-6-11/h2-10,14-15H,17H2,1H3,(H,18,19). The Balaban J connectivity index is 2.43. The molecule has 3 N–H and O–H groups in total. The van der Waals surface area contributed by atoms with Crippen molar-refractivity contribution in [3.8, 4) is 5.75 Å². The number of benzene rings is 2. The molecule has 0 radical (unpaired) electrons. The molecule has 0 saturated carbocycles. The maximum absolute atomic E-state index is 11.3. The minimum absolute atomic E-state index is 0.389. The van der Waals surface area contributed by atoms with E-state index >= 15 is 0 Å². The van der Waals surface area contributed by atoms with Crippen molar-refractivity contribution in [1.29, 1.82) is 0 Å². The summed E-state index contributed by atoms with van der Waals surface area (Å²) in [5.74, 6) is -0.682. The van der Waals surface area contributed by atoms with Crippen LogP contribution in [0.3, 0.4) is 0 Å². The highest BCUT2D eigenvalue weighted by Crippen LogP contribution is 2.28. The molecule has 0 aliphatic rings. The van der Waals surface area contributed by atoms with Crippen molar-refractivity contribution in [2.45, 2.75) is 12.0 Å². The van der Waals surface area contributed by atoms with E-state index in [1.54, 1.807) is 19.2 Å². The Morgan fingerprint density at radius 1 is 1.05 bits per heavy atom. The van der Waals surface area contributed by atoms with Gasteiger partial charge in [-0.3, -0.25) is 4.79 Å². The number of hydrogen-bond acceptors (Lipinski definition) is 3. The fourth-order valence-corrected chi connectivity index (χ4v) is 2.22. The van der Waals surface area contributed by atoms with Gasteiger partial charge in [-0.25, -0.2) is 0 Å². The smallest absolute Gasteiger partial charge is 0.321 e. The van der Waals surface area contributed by atoms with Crippen molar-refractivity contribution >= 4 is 5.97 Å². The quantitative estimate of drug-likeness (QED) is 0.874.